The van der Waals surface area contributed by atoms with Crippen molar-refractivity contribution >= 4 is 29.6 Å². The molecule has 0 unspecified atom stereocenters. The Kier molecular flexibility index (Phi) is 6.51. The van der Waals surface area contributed by atoms with Gasteiger partial charge in [0.05, 0.1) is 12.8 Å². The molecular formula is C21H18N4O4. The van der Waals surface area contributed by atoms with Gasteiger partial charge in [-0.3, -0.25) is 14.4 Å². The van der Waals surface area contributed by atoms with Crippen molar-refractivity contribution in [2.45, 2.75) is 6.54 Å². The minimum absolute atomic E-state index is 0.0330. The predicted octanol–water partition coefficient (Wildman–Crippen LogP) is 2.30. The first-order valence-electron chi connectivity index (χ1n) is 8.73. The van der Waals surface area contributed by atoms with E-state index < -0.39 is 11.8 Å². The Balaban J connectivity index is 1.45. The fourth-order valence-electron chi connectivity index (χ4n) is 2.32. The molecule has 0 spiro atoms. The number of para-hydroxylation sites is 1. The molecule has 0 saturated carbocycles. The van der Waals surface area contributed by atoms with Gasteiger partial charge in [-0.2, -0.15) is 5.10 Å². The summed E-state index contributed by atoms with van der Waals surface area (Å²) in [6, 6.07) is 20.6. The summed E-state index contributed by atoms with van der Waals surface area (Å²) in [4.78, 5) is 35.6. The summed E-state index contributed by atoms with van der Waals surface area (Å²) in [5.74, 6) is -1.08. The van der Waals surface area contributed by atoms with Crippen molar-refractivity contribution < 1.29 is 18.8 Å². The number of anilines is 1. The molecule has 3 N–H and O–H groups in total. The number of carbonyl (C=O) groups excluding carboxylic acids is 3. The van der Waals surface area contributed by atoms with Crippen LogP contribution < -0.4 is 16.1 Å². The highest BCUT2D eigenvalue weighted by Gasteiger charge is 2.14. The Morgan fingerprint density at radius 3 is 2.28 bits per heavy atom. The first kappa shape index (κ1) is 19.6. The molecule has 3 rings (SSSR count). The molecule has 0 bridgehead atoms. The van der Waals surface area contributed by atoms with Crippen LogP contribution in [-0.2, 0) is 16.1 Å². The van der Waals surface area contributed by atoms with E-state index in [0.29, 0.717) is 22.8 Å². The van der Waals surface area contributed by atoms with Crippen LogP contribution in [0.2, 0.25) is 0 Å². The maximum atomic E-state index is 11.9. The number of amides is 3. The van der Waals surface area contributed by atoms with Crippen LogP contribution >= 0.6 is 0 Å². The number of carbonyl (C=O) groups is 3. The summed E-state index contributed by atoms with van der Waals surface area (Å²) < 4.78 is 5.47. The maximum Gasteiger partial charge on any atom is 0.313 e. The van der Waals surface area contributed by atoms with Crippen molar-refractivity contribution in [2.75, 3.05) is 5.32 Å². The standard InChI is InChI=1S/C21H18N4O4/c26-19(15-7-3-1-4-8-15)25-23-14-18-12-11-17(29-18)13-22-20(27)21(28)24-16-9-5-2-6-10-16/h1-12,14H,13H2,(H,22,27)(H,24,28)(H,25,26)/b23-14-. The van der Waals surface area contributed by atoms with Crippen LogP contribution in [0.5, 0.6) is 0 Å². The van der Waals surface area contributed by atoms with Crippen molar-refractivity contribution in [2.24, 2.45) is 5.10 Å². The summed E-state index contributed by atoms with van der Waals surface area (Å²) in [7, 11) is 0. The maximum absolute atomic E-state index is 11.9. The van der Waals surface area contributed by atoms with Crippen LogP contribution in [-0.4, -0.2) is 23.9 Å². The first-order chi connectivity index (χ1) is 14.1. The van der Waals surface area contributed by atoms with Crippen LogP contribution in [0.1, 0.15) is 21.9 Å². The molecule has 3 amide bonds. The molecule has 0 aliphatic heterocycles. The van der Waals surface area contributed by atoms with Gasteiger partial charge in [-0.25, -0.2) is 5.43 Å². The zero-order valence-corrected chi connectivity index (χ0v) is 15.3. The van der Waals surface area contributed by atoms with Gasteiger partial charge in [0.1, 0.15) is 11.5 Å². The van der Waals surface area contributed by atoms with Crippen LogP contribution in [0.4, 0.5) is 5.69 Å². The highest BCUT2D eigenvalue weighted by molar-refractivity contribution is 6.39. The lowest BCUT2D eigenvalue weighted by Crippen LogP contribution is -2.34. The Hall–Kier alpha value is -4.20. The molecule has 3 aromatic rings. The van der Waals surface area contributed by atoms with Gasteiger partial charge in [-0.05, 0) is 36.4 Å². The summed E-state index contributed by atoms with van der Waals surface area (Å²) in [6.07, 6.45) is 1.34. The third-order valence-electron chi connectivity index (χ3n) is 3.74. The van der Waals surface area contributed by atoms with E-state index in [1.54, 1.807) is 66.7 Å². The lowest BCUT2D eigenvalue weighted by Gasteiger charge is -2.05. The molecule has 0 aliphatic rings. The molecule has 2 aromatic carbocycles. The second-order valence-electron chi connectivity index (χ2n) is 5.87. The van der Waals surface area contributed by atoms with Crippen LogP contribution in [0.15, 0.2) is 82.3 Å². The fourth-order valence-corrected chi connectivity index (χ4v) is 2.32. The highest BCUT2D eigenvalue weighted by atomic mass is 16.3. The van der Waals surface area contributed by atoms with Crippen molar-refractivity contribution in [3.8, 4) is 0 Å². The third-order valence-corrected chi connectivity index (χ3v) is 3.74. The lowest BCUT2D eigenvalue weighted by molar-refractivity contribution is -0.136. The second kappa shape index (κ2) is 9.65. The second-order valence-corrected chi connectivity index (χ2v) is 5.87. The van der Waals surface area contributed by atoms with E-state index in [1.807, 2.05) is 6.07 Å². The average Bonchev–Trinajstić information content (AvgIpc) is 3.21. The van der Waals surface area contributed by atoms with Gasteiger partial charge < -0.3 is 15.1 Å². The summed E-state index contributed by atoms with van der Waals surface area (Å²) in [5.41, 5.74) is 3.41. The van der Waals surface area contributed by atoms with E-state index in [9.17, 15) is 14.4 Å². The SMILES string of the molecule is O=C(NCc1ccc(/C=N\NC(=O)c2ccccc2)o1)C(=O)Nc1ccccc1. The van der Waals surface area contributed by atoms with Gasteiger partial charge in [0.15, 0.2) is 0 Å². The van der Waals surface area contributed by atoms with E-state index in [1.165, 1.54) is 6.21 Å². The van der Waals surface area contributed by atoms with E-state index in [0.717, 1.165) is 0 Å². The van der Waals surface area contributed by atoms with Gasteiger partial charge in [0.25, 0.3) is 5.91 Å². The smallest absolute Gasteiger partial charge is 0.313 e. The molecule has 146 valence electrons. The number of rotatable bonds is 6. The minimum Gasteiger partial charge on any atom is -0.458 e. The average molecular weight is 390 g/mol. The molecule has 1 aromatic heterocycles. The first-order valence-corrected chi connectivity index (χ1v) is 8.73. The molecule has 0 atom stereocenters. The molecule has 8 nitrogen and oxygen atoms in total. The molecular weight excluding hydrogens is 372 g/mol. The van der Waals surface area contributed by atoms with E-state index in [2.05, 4.69) is 21.2 Å². The van der Waals surface area contributed by atoms with Crippen molar-refractivity contribution in [3.63, 3.8) is 0 Å². The van der Waals surface area contributed by atoms with Gasteiger partial charge in [-0.1, -0.05) is 36.4 Å². The highest BCUT2D eigenvalue weighted by Crippen LogP contribution is 2.07. The monoisotopic (exact) mass is 390 g/mol. The van der Waals surface area contributed by atoms with Gasteiger partial charge in [0.2, 0.25) is 0 Å². The van der Waals surface area contributed by atoms with Crippen molar-refractivity contribution in [3.05, 3.63) is 89.9 Å². The number of hydrogen-bond acceptors (Lipinski definition) is 5. The molecule has 0 aliphatic carbocycles. The summed E-state index contributed by atoms with van der Waals surface area (Å²) in [5, 5.41) is 8.79. The molecule has 1 heterocycles. The molecule has 8 heteroatoms. The van der Waals surface area contributed by atoms with E-state index >= 15 is 0 Å². The quantitative estimate of drug-likeness (QED) is 0.340. The third kappa shape index (κ3) is 5.90. The lowest BCUT2D eigenvalue weighted by atomic mass is 10.2. The molecule has 0 saturated heterocycles. The summed E-state index contributed by atoms with van der Waals surface area (Å²) in [6.45, 7) is 0.0330. The van der Waals surface area contributed by atoms with E-state index in [4.69, 9.17) is 4.42 Å². The van der Waals surface area contributed by atoms with Crippen LogP contribution in [0.3, 0.4) is 0 Å². The number of nitrogens with zero attached hydrogens (tertiary/aromatic N) is 1. The normalized spacial score (nSPS) is 10.5. The number of benzene rings is 2. The molecule has 29 heavy (non-hydrogen) atoms. The Labute approximate surface area is 166 Å². The Bertz CT molecular complexity index is 1010. The van der Waals surface area contributed by atoms with E-state index in [-0.39, 0.29) is 12.5 Å². The number of hydrogen-bond donors (Lipinski definition) is 3. The largest absolute Gasteiger partial charge is 0.458 e. The fraction of sp³-hybridized carbons (Fsp3) is 0.0476. The predicted molar refractivity (Wildman–Crippen MR) is 107 cm³/mol. The number of hydrazone groups is 1. The zero-order valence-electron chi connectivity index (χ0n) is 15.3. The van der Waals surface area contributed by atoms with Gasteiger partial charge >= 0.3 is 11.8 Å². The van der Waals surface area contributed by atoms with Crippen LogP contribution in [0, 0.1) is 0 Å². The van der Waals surface area contributed by atoms with Crippen molar-refractivity contribution in [1.82, 2.24) is 10.7 Å². The van der Waals surface area contributed by atoms with Crippen LogP contribution in [0.25, 0.3) is 0 Å². The number of furan rings is 1. The number of nitrogens with one attached hydrogen (secondary N) is 3. The summed E-state index contributed by atoms with van der Waals surface area (Å²) >= 11 is 0. The molecule has 0 radical (unpaired) electrons. The topological polar surface area (TPSA) is 113 Å². The zero-order chi connectivity index (χ0) is 20.5. The van der Waals surface area contributed by atoms with Gasteiger partial charge in [-0.15, -0.1) is 0 Å². The minimum atomic E-state index is -0.782. The van der Waals surface area contributed by atoms with Gasteiger partial charge in [0, 0.05) is 11.3 Å². The Morgan fingerprint density at radius 2 is 1.55 bits per heavy atom. The molecule has 0 fully saturated rings. The van der Waals surface area contributed by atoms with Crippen molar-refractivity contribution in [1.29, 1.82) is 0 Å². The Morgan fingerprint density at radius 1 is 0.862 bits per heavy atom.